The van der Waals surface area contributed by atoms with Gasteiger partial charge in [-0.15, -0.1) is 11.3 Å². The van der Waals surface area contributed by atoms with Gasteiger partial charge in [0.15, 0.2) is 0 Å². The predicted octanol–water partition coefficient (Wildman–Crippen LogP) is 3.71. The molecule has 0 saturated heterocycles. The van der Waals surface area contributed by atoms with Crippen LogP contribution in [0.15, 0.2) is 24.3 Å². The Morgan fingerprint density at radius 3 is 2.65 bits per heavy atom. The Hall–Kier alpha value is -1.56. The smallest absolute Gasteiger partial charge is 0.417 e. The number of carbonyl (C=O) groups excluding carboxylic acids is 1. The summed E-state index contributed by atoms with van der Waals surface area (Å²) < 4.78 is 43.0. The summed E-state index contributed by atoms with van der Waals surface area (Å²) in [4.78, 5) is 11.4. The lowest BCUT2D eigenvalue weighted by Crippen LogP contribution is -2.04. The first-order valence-electron chi connectivity index (χ1n) is 4.61. The van der Waals surface area contributed by atoms with E-state index >= 15 is 0 Å². The number of ether oxygens (including phenoxy) is 1. The van der Waals surface area contributed by atoms with Gasteiger partial charge in [0.05, 0.1) is 12.7 Å². The average Bonchev–Trinajstić information content (AvgIpc) is 2.69. The lowest BCUT2D eigenvalue weighted by Gasteiger charge is -2.06. The largest absolute Gasteiger partial charge is 0.465 e. The van der Waals surface area contributed by atoms with Crippen LogP contribution >= 0.6 is 11.3 Å². The number of hydrogen-bond acceptors (Lipinski definition) is 3. The molecule has 0 saturated carbocycles. The standard InChI is InChI=1S/C11H7F3O2S/c1-16-10(15)9-5-6-7(11(12,13)14)3-2-4-8(6)17-9/h2-5H,1H3. The van der Waals surface area contributed by atoms with Crippen LogP contribution in [0.1, 0.15) is 15.2 Å². The zero-order valence-corrected chi connectivity index (χ0v) is 9.48. The molecule has 0 bridgehead atoms. The van der Waals surface area contributed by atoms with Crippen molar-refractivity contribution in [3.8, 4) is 0 Å². The molecule has 6 heteroatoms. The second-order valence-electron chi connectivity index (χ2n) is 3.32. The highest BCUT2D eigenvalue weighted by molar-refractivity contribution is 7.20. The first kappa shape index (κ1) is 11.9. The number of hydrogen-bond donors (Lipinski definition) is 0. The Morgan fingerprint density at radius 1 is 1.35 bits per heavy atom. The second kappa shape index (κ2) is 4.03. The topological polar surface area (TPSA) is 26.3 Å². The minimum Gasteiger partial charge on any atom is -0.465 e. The van der Waals surface area contributed by atoms with Gasteiger partial charge in [0.25, 0.3) is 0 Å². The molecule has 2 aromatic rings. The van der Waals surface area contributed by atoms with Crippen LogP contribution in [-0.2, 0) is 10.9 Å². The fourth-order valence-corrected chi connectivity index (χ4v) is 2.52. The van der Waals surface area contributed by atoms with Crippen LogP contribution in [0.4, 0.5) is 13.2 Å². The Balaban J connectivity index is 2.65. The molecule has 0 amide bonds. The Bertz CT molecular complexity index is 572. The van der Waals surface area contributed by atoms with Crippen molar-refractivity contribution in [3.63, 3.8) is 0 Å². The van der Waals surface area contributed by atoms with Crippen LogP contribution in [0.2, 0.25) is 0 Å². The highest BCUT2D eigenvalue weighted by Gasteiger charge is 2.33. The molecular weight excluding hydrogens is 253 g/mol. The van der Waals surface area contributed by atoms with Crippen LogP contribution in [0.5, 0.6) is 0 Å². The molecule has 0 aliphatic carbocycles. The zero-order chi connectivity index (χ0) is 12.6. The average molecular weight is 260 g/mol. The molecule has 0 unspecified atom stereocenters. The van der Waals surface area contributed by atoms with Crippen molar-refractivity contribution < 1.29 is 22.7 Å². The molecule has 0 N–H and O–H groups in total. The zero-order valence-electron chi connectivity index (χ0n) is 8.67. The Morgan fingerprint density at radius 2 is 2.06 bits per heavy atom. The highest BCUT2D eigenvalue weighted by Crippen LogP contribution is 2.37. The van der Waals surface area contributed by atoms with Crippen molar-refractivity contribution in [3.05, 3.63) is 34.7 Å². The molecule has 0 fully saturated rings. The van der Waals surface area contributed by atoms with Gasteiger partial charge in [-0.1, -0.05) is 6.07 Å². The van der Waals surface area contributed by atoms with E-state index in [0.29, 0.717) is 4.70 Å². The molecule has 2 rings (SSSR count). The lowest BCUT2D eigenvalue weighted by atomic mass is 10.1. The van der Waals surface area contributed by atoms with E-state index in [2.05, 4.69) is 4.74 Å². The third kappa shape index (κ3) is 2.12. The molecule has 1 aromatic carbocycles. The van der Waals surface area contributed by atoms with Crippen molar-refractivity contribution in [1.29, 1.82) is 0 Å². The second-order valence-corrected chi connectivity index (χ2v) is 4.40. The number of fused-ring (bicyclic) bond motifs is 1. The summed E-state index contributed by atoms with van der Waals surface area (Å²) in [6, 6.07) is 5.08. The number of benzene rings is 1. The third-order valence-electron chi connectivity index (χ3n) is 2.25. The molecule has 2 nitrogen and oxygen atoms in total. The Kier molecular flexibility index (Phi) is 2.82. The van der Waals surface area contributed by atoms with Crippen LogP contribution in [0.3, 0.4) is 0 Å². The summed E-state index contributed by atoms with van der Waals surface area (Å²) in [7, 11) is 1.19. The van der Waals surface area contributed by atoms with Gasteiger partial charge in [0.1, 0.15) is 4.88 Å². The van der Waals surface area contributed by atoms with Crippen LogP contribution in [0.25, 0.3) is 10.1 Å². The molecule has 1 aromatic heterocycles. The maximum absolute atomic E-state index is 12.7. The van der Waals surface area contributed by atoms with E-state index in [1.807, 2.05) is 0 Å². The molecule has 0 aliphatic heterocycles. The molecular formula is C11H7F3O2S. The van der Waals surface area contributed by atoms with Gasteiger partial charge in [-0.3, -0.25) is 0 Å². The summed E-state index contributed by atoms with van der Waals surface area (Å²) in [5.74, 6) is -0.626. The van der Waals surface area contributed by atoms with Crippen molar-refractivity contribution >= 4 is 27.4 Å². The van der Waals surface area contributed by atoms with Crippen LogP contribution in [-0.4, -0.2) is 13.1 Å². The fraction of sp³-hybridized carbons (Fsp3) is 0.182. The van der Waals surface area contributed by atoms with Gasteiger partial charge in [-0.05, 0) is 18.2 Å². The van der Waals surface area contributed by atoms with Crippen LogP contribution in [0, 0.1) is 0 Å². The lowest BCUT2D eigenvalue weighted by molar-refractivity contribution is -0.136. The summed E-state index contributed by atoms with van der Waals surface area (Å²) >= 11 is 0.986. The number of rotatable bonds is 1. The maximum atomic E-state index is 12.7. The minimum absolute atomic E-state index is 0.0328. The molecule has 90 valence electrons. The number of thiophene rings is 1. The minimum atomic E-state index is -4.42. The van der Waals surface area contributed by atoms with Gasteiger partial charge >= 0.3 is 12.1 Å². The quantitative estimate of drug-likeness (QED) is 0.731. The normalized spacial score (nSPS) is 11.8. The first-order valence-corrected chi connectivity index (χ1v) is 5.43. The van der Waals surface area contributed by atoms with Gasteiger partial charge in [0, 0.05) is 10.1 Å². The molecule has 0 aliphatic rings. The summed E-state index contributed by atoms with van der Waals surface area (Å²) in [5, 5.41) is 0.0328. The van der Waals surface area contributed by atoms with E-state index in [9.17, 15) is 18.0 Å². The summed E-state index contributed by atoms with van der Waals surface area (Å²) in [6.45, 7) is 0. The van der Waals surface area contributed by atoms with Crippen molar-refractivity contribution in [2.75, 3.05) is 7.11 Å². The Labute approximate surface area is 98.6 Å². The molecule has 0 atom stereocenters. The maximum Gasteiger partial charge on any atom is 0.417 e. The van der Waals surface area contributed by atoms with E-state index in [4.69, 9.17) is 0 Å². The number of alkyl halides is 3. The van der Waals surface area contributed by atoms with Crippen molar-refractivity contribution in [1.82, 2.24) is 0 Å². The molecule has 0 radical (unpaired) electrons. The van der Waals surface area contributed by atoms with Crippen molar-refractivity contribution in [2.24, 2.45) is 0 Å². The van der Waals surface area contributed by atoms with E-state index in [1.54, 1.807) is 6.07 Å². The van der Waals surface area contributed by atoms with E-state index in [1.165, 1.54) is 19.2 Å². The number of methoxy groups -OCH3 is 1. The number of halogens is 3. The number of esters is 1. The first-order chi connectivity index (χ1) is 7.93. The number of carbonyl (C=O) groups is 1. The van der Waals surface area contributed by atoms with Gasteiger partial charge in [-0.25, -0.2) is 4.79 Å². The van der Waals surface area contributed by atoms with Gasteiger partial charge in [-0.2, -0.15) is 13.2 Å². The van der Waals surface area contributed by atoms with E-state index < -0.39 is 17.7 Å². The molecule has 17 heavy (non-hydrogen) atoms. The predicted molar refractivity (Wildman–Crippen MR) is 58.2 cm³/mol. The summed E-state index contributed by atoms with van der Waals surface area (Å²) in [5.41, 5.74) is -0.735. The van der Waals surface area contributed by atoms with Gasteiger partial charge < -0.3 is 4.74 Å². The molecule has 1 heterocycles. The monoisotopic (exact) mass is 260 g/mol. The highest BCUT2D eigenvalue weighted by atomic mass is 32.1. The fourth-order valence-electron chi connectivity index (χ4n) is 1.51. The van der Waals surface area contributed by atoms with Gasteiger partial charge in [0.2, 0.25) is 0 Å². The van der Waals surface area contributed by atoms with E-state index in [0.717, 1.165) is 17.4 Å². The SMILES string of the molecule is COC(=O)c1cc2c(C(F)(F)F)cccc2s1. The summed E-state index contributed by atoms with van der Waals surface area (Å²) in [6.07, 6.45) is -4.42. The van der Waals surface area contributed by atoms with E-state index in [-0.39, 0.29) is 10.3 Å². The van der Waals surface area contributed by atoms with Crippen LogP contribution < -0.4 is 0 Å². The molecule has 0 spiro atoms. The third-order valence-corrected chi connectivity index (χ3v) is 3.33. The van der Waals surface area contributed by atoms with Crippen molar-refractivity contribution in [2.45, 2.75) is 6.18 Å².